The fourth-order valence-corrected chi connectivity index (χ4v) is 13.1. The van der Waals surface area contributed by atoms with Crippen LogP contribution in [0.3, 0.4) is 0 Å². The van der Waals surface area contributed by atoms with Crippen molar-refractivity contribution in [3.63, 3.8) is 0 Å². The molecule has 2 aliphatic heterocycles. The summed E-state index contributed by atoms with van der Waals surface area (Å²) in [6, 6.07) is 34.6. The van der Waals surface area contributed by atoms with Crippen LogP contribution in [0.2, 0.25) is 0 Å². The smallest absolute Gasteiger partial charge is 0.366 e. The van der Waals surface area contributed by atoms with Crippen LogP contribution in [-0.2, 0) is 47.6 Å². The fraction of sp³-hybridized carbons (Fsp3) is 0.472. The maximum Gasteiger partial charge on any atom is 0.366 e. The summed E-state index contributed by atoms with van der Waals surface area (Å²) in [5, 5.41) is 81.1. The number of esters is 2. The lowest BCUT2D eigenvalue weighted by atomic mass is 9.88. The highest BCUT2D eigenvalue weighted by atomic mass is 32.2. The number of Topliss-reactive ketones (excluding diaryl/α,β-unsaturated/α-hetero) is 1. The minimum Gasteiger partial charge on any atom is -0.493 e. The summed E-state index contributed by atoms with van der Waals surface area (Å²) in [6.07, 6.45) is -12.8. The number of hydrogen-bond acceptors (Lipinski definition) is 24. The van der Waals surface area contributed by atoms with Gasteiger partial charge in [0.15, 0.2) is 5.78 Å². The molecule has 27 nitrogen and oxygen atoms in total. The first-order valence-electron chi connectivity index (χ1n) is 33.3. The molecule has 2 aliphatic rings. The first-order chi connectivity index (χ1) is 48.5. The van der Waals surface area contributed by atoms with E-state index in [4.69, 9.17) is 38.9 Å². The number of nitrogens with two attached hydrogens (primary N) is 1. The fourth-order valence-electron chi connectivity index (χ4n) is 11.4. The number of carbonyl (C=O) groups excluding carboxylic acids is 8. The summed E-state index contributed by atoms with van der Waals surface area (Å²) < 4.78 is 40.2. The van der Waals surface area contributed by atoms with Crippen molar-refractivity contribution in [2.45, 2.75) is 131 Å². The Kier molecular flexibility index (Phi) is 31.9. The monoisotopic (exact) mass is 1440 g/mol. The molecule has 0 radical (unpaired) electrons. The highest BCUT2D eigenvalue weighted by Crippen LogP contribution is 2.37. The van der Waals surface area contributed by atoms with Gasteiger partial charge in [0.05, 0.1) is 76.1 Å². The number of ether oxygens (including phenoxy) is 7. The van der Waals surface area contributed by atoms with Crippen LogP contribution in [0.5, 0.6) is 5.75 Å². The second-order valence-corrected chi connectivity index (χ2v) is 26.6. The average molecular weight is 1440 g/mol. The van der Waals surface area contributed by atoms with E-state index in [9.17, 15) is 69.0 Å². The summed E-state index contributed by atoms with van der Waals surface area (Å²) in [5.41, 5.74) is 10.5. The topological polar surface area (TPSA) is 409 Å². The standard InChI is InChI=1S/C72H92N6O21S2/c1-44(79)77-60-55(82)40-71(69(91)93-3,98-64(60)62(86)57(84)42-75-66(88)50-24-20-48(21-25-50)46-15-7-5-8-16-46)96-33-13-36-100-35-11-19-54(81)53-29-28-52(39-59(53)95-32-12-30-73)68(90)74-31-38-101-37-14-34-97-72(70(92)94-4)41-56(83)61(78-45(2)80)65(99-72)63(87)58(85)43-76-67(89)51-26-22-49(23-27-51)47-17-9-6-10-18-47/h5-10,15-18,20-29,39,55-58,60-65,82-87H,11-14,19,30-38,40-43,73H2,1-4H3,(H,74,90)(H,75,88)(H,76,89)(H,77,79)(H,78,80)/t55-,56-,57+,58+,60+,61+,62+,63+,64+,65+,71+,72+/m0/s1. The molecular weight excluding hydrogens is 1350 g/mol. The molecule has 0 aliphatic carbocycles. The lowest BCUT2D eigenvalue weighted by molar-refractivity contribution is -0.311. The minimum absolute atomic E-state index is 0.0984. The average Bonchev–Trinajstić information content (AvgIpc) is 0.771. The molecular formula is C72H92N6O21S2. The highest BCUT2D eigenvalue weighted by molar-refractivity contribution is 7.99. The Morgan fingerprint density at radius 2 is 0.950 bits per heavy atom. The van der Waals surface area contributed by atoms with Gasteiger partial charge >= 0.3 is 11.9 Å². The van der Waals surface area contributed by atoms with Crippen molar-refractivity contribution >= 4 is 70.8 Å². The van der Waals surface area contributed by atoms with Gasteiger partial charge in [0.25, 0.3) is 29.3 Å². The van der Waals surface area contributed by atoms with Crippen molar-refractivity contribution in [3.8, 4) is 28.0 Å². The normalized spacial score (nSPS) is 21.5. The van der Waals surface area contributed by atoms with Gasteiger partial charge in [-0.3, -0.25) is 28.8 Å². The van der Waals surface area contributed by atoms with Gasteiger partial charge in [-0.1, -0.05) is 84.9 Å². The van der Waals surface area contributed by atoms with Gasteiger partial charge in [0.2, 0.25) is 11.8 Å². The van der Waals surface area contributed by atoms with E-state index in [1.165, 1.54) is 55.6 Å². The van der Waals surface area contributed by atoms with Crippen LogP contribution >= 0.6 is 23.5 Å². The summed E-state index contributed by atoms with van der Waals surface area (Å²) in [6.45, 7) is 1.95. The summed E-state index contributed by atoms with van der Waals surface area (Å²) in [5.74, 6) is -7.39. The van der Waals surface area contributed by atoms with Crippen LogP contribution in [-0.4, -0.2) is 234 Å². The quantitative estimate of drug-likeness (QED) is 0.0153. The van der Waals surface area contributed by atoms with E-state index in [0.29, 0.717) is 55.2 Å². The molecule has 2 saturated heterocycles. The highest BCUT2D eigenvalue weighted by Gasteiger charge is 2.58. The third kappa shape index (κ3) is 23.1. The Morgan fingerprint density at radius 1 is 0.535 bits per heavy atom. The Balaban J connectivity index is 0.834. The van der Waals surface area contributed by atoms with E-state index in [1.54, 1.807) is 48.5 Å². The molecule has 12 atom stereocenters. The molecule has 2 fully saturated rings. The molecule has 29 heteroatoms. The SMILES string of the molecule is COC(=O)[C@@]1(OCCCSCCCC(=O)c2ccc(C(=O)NCCSCCCO[C@]3(C(=O)OC)C[C@H](O)[C@@H](NC(C)=O)[C@H]([C@H](O)[C@H](O)CNC(=O)c4ccc(-c5ccccc5)cc4)O3)cc2OCCCN)C[C@H](O)[C@@H](NC(C)=O)[C@H]([C@H](O)[C@H](O)CNC(=O)c2ccc(-c3ccccc3)cc2)O1. The van der Waals surface area contributed by atoms with Crippen molar-refractivity contribution in [3.05, 3.63) is 150 Å². The first kappa shape index (κ1) is 80.4. The number of rotatable bonds is 39. The van der Waals surface area contributed by atoms with Crippen molar-refractivity contribution < 1.29 is 102 Å². The number of methoxy groups -OCH3 is 2. The third-order valence-corrected chi connectivity index (χ3v) is 18.9. The molecule has 0 saturated carbocycles. The number of hydrogen-bond donors (Lipinski definition) is 12. The molecule has 0 bridgehead atoms. The van der Waals surface area contributed by atoms with Gasteiger partial charge in [-0.15, -0.1) is 0 Å². The number of aliphatic hydroxyl groups is 6. The van der Waals surface area contributed by atoms with Crippen LogP contribution in [0.15, 0.2) is 127 Å². The van der Waals surface area contributed by atoms with Crippen molar-refractivity contribution in [1.29, 1.82) is 0 Å². The Labute approximate surface area is 594 Å². The lowest BCUT2D eigenvalue weighted by Gasteiger charge is -2.47. The molecule has 5 aromatic carbocycles. The van der Waals surface area contributed by atoms with Gasteiger partial charge in [0, 0.05) is 75.2 Å². The minimum atomic E-state index is -2.27. The third-order valence-electron chi connectivity index (χ3n) is 16.7. The van der Waals surface area contributed by atoms with Gasteiger partial charge in [-0.2, -0.15) is 23.5 Å². The van der Waals surface area contributed by atoms with Crippen LogP contribution in [0.25, 0.3) is 22.3 Å². The number of thioether (sulfide) groups is 2. The van der Waals surface area contributed by atoms with E-state index in [2.05, 4.69) is 26.6 Å². The van der Waals surface area contributed by atoms with E-state index >= 15 is 0 Å². The van der Waals surface area contributed by atoms with Crippen molar-refractivity contribution in [2.24, 2.45) is 5.73 Å². The molecule has 5 amide bonds. The number of ketones is 1. The summed E-state index contributed by atoms with van der Waals surface area (Å²) in [4.78, 5) is 105. The van der Waals surface area contributed by atoms with Gasteiger partial charge in [-0.05, 0) is 114 Å². The Bertz CT molecular complexity index is 3510. The Morgan fingerprint density at radius 3 is 1.39 bits per heavy atom. The summed E-state index contributed by atoms with van der Waals surface area (Å²) >= 11 is 2.95. The van der Waals surface area contributed by atoms with Crippen LogP contribution in [0, 0.1) is 0 Å². The first-order valence-corrected chi connectivity index (χ1v) is 35.6. The van der Waals surface area contributed by atoms with Crippen LogP contribution in [0.1, 0.15) is 100 Å². The molecule has 548 valence electrons. The van der Waals surface area contributed by atoms with Gasteiger partial charge in [-0.25, -0.2) is 9.59 Å². The van der Waals surface area contributed by atoms with Crippen LogP contribution < -0.4 is 37.1 Å². The molecule has 2 heterocycles. The summed E-state index contributed by atoms with van der Waals surface area (Å²) in [7, 11) is 2.16. The van der Waals surface area contributed by atoms with Crippen LogP contribution in [0.4, 0.5) is 0 Å². The van der Waals surface area contributed by atoms with E-state index in [1.807, 2.05) is 60.7 Å². The predicted molar refractivity (Wildman–Crippen MR) is 375 cm³/mol. The maximum absolute atomic E-state index is 13.7. The zero-order valence-electron chi connectivity index (χ0n) is 56.8. The second-order valence-electron chi connectivity index (χ2n) is 24.2. The van der Waals surface area contributed by atoms with Crippen molar-refractivity contribution in [2.75, 3.05) is 83.2 Å². The zero-order chi connectivity index (χ0) is 73.1. The number of benzene rings is 5. The molecule has 0 spiro atoms. The maximum atomic E-state index is 13.7. The van der Waals surface area contributed by atoms with Gasteiger partial charge in [0.1, 0.15) is 30.2 Å². The molecule has 101 heavy (non-hydrogen) atoms. The Hall–Kier alpha value is -7.88. The zero-order valence-corrected chi connectivity index (χ0v) is 58.5. The molecule has 7 rings (SSSR count). The largest absolute Gasteiger partial charge is 0.493 e. The second kappa shape index (κ2) is 40.1. The number of aliphatic hydroxyl groups excluding tert-OH is 6. The predicted octanol–water partition coefficient (Wildman–Crippen LogP) is 3.07. The molecule has 0 unspecified atom stereocenters. The number of carbonyl (C=O) groups is 8. The number of nitrogens with one attached hydrogen (secondary N) is 5. The lowest BCUT2D eigenvalue weighted by Crippen LogP contribution is -2.68. The van der Waals surface area contributed by atoms with Gasteiger partial charge < -0.3 is 96.1 Å². The van der Waals surface area contributed by atoms with Crippen molar-refractivity contribution in [1.82, 2.24) is 26.6 Å². The van der Waals surface area contributed by atoms with E-state index in [-0.39, 0.29) is 66.6 Å². The molecule has 0 aromatic heterocycles. The molecule has 13 N–H and O–H groups in total. The van der Waals surface area contributed by atoms with E-state index < -0.39 is 140 Å². The van der Waals surface area contributed by atoms with E-state index in [0.717, 1.165) is 36.5 Å². The molecule has 5 aromatic rings. The number of amides is 5.